The lowest BCUT2D eigenvalue weighted by atomic mass is 9.93. The van der Waals surface area contributed by atoms with Crippen molar-refractivity contribution < 1.29 is 18.1 Å². The van der Waals surface area contributed by atoms with Gasteiger partial charge in [-0.2, -0.15) is 0 Å². The van der Waals surface area contributed by atoms with Gasteiger partial charge < -0.3 is 4.74 Å². The molecule has 0 aromatic heterocycles. The Hall–Kier alpha value is -1.43. The van der Waals surface area contributed by atoms with Crippen LogP contribution in [0.5, 0.6) is 0 Å². The number of carbonyl (C=O) groups is 1. The summed E-state index contributed by atoms with van der Waals surface area (Å²) in [5.74, 6) is 1.05. The third-order valence-electron chi connectivity index (χ3n) is 3.51. The highest BCUT2D eigenvalue weighted by atomic mass is 32.2. The van der Waals surface area contributed by atoms with Crippen molar-refractivity contribution in [2.45, 2.75) is 32.1 Å². The van der Waals surface area contributed by atoms with Gasteiger partial charge in [0.1, 0.15) is 5.82 Å². The summed E-state index contributed by atoms with van der Waals surface area (Å²) < 4.78 is 30.4. The van der Waals surface area contributed by atoms with E-state index in [0.29, 0.717) is 29.4 Å². The molecular formula is C15H20FNO3S. The van der Waals surface area contributed by atoms with Gasteiger partial charge in [0.2, 0.25) is 0 Å². The summed E-state index contributed by atoms with van der Waals surface area (Å²) in [5, 5.41) is 2.50. The van der Waals surface area contributed by atoms with Crippen LogP contribution in [0.1, 0.15) is 37.7 Å². The second-order valence-electron chi connectivity index (χ2n) is 5.12. The van der Waals surface area contributed by atoms with Crippen LogP contribution in [0.4, 0.5) is 14.9 Å². The number of hydrogen-bond acceptors (Lipinski definition) is 3. The average molecular weight is 313 g/mol. The molecule has 1 fully saturated rings. The molecule has 1 amide bonds. The number of ether oxygens (including phenoxy) is 1. The third-order valence-corrected chi connectivity index (χ3v) is 4.89. The van der Waals surface area contributed by atoms with Gasteiger partial charge in [-0.15, -0.1) is 0 Å². The summed E-state index contributed by atoms with van der Waals surface area (Å²) in [6.45, 7) is 2.24. The summed E-state index contributed by atoms with van der Waals surface area (Å²) in [6, 6.07) is 4.69. The lowest BCUT2D eigenvalue weighted by Gasteiger charge is -2.22. The van der Waals surface area contributed by atoms with Crippen LogP contribution in [0, 0.1) is 5.82 Å². The topological polar surface area (TPSA) is 55.4 Å². The summed E-state index contributed by atoms with van der Waals surface area (Å²) in [6.07, 6.45) is 1.66. The second kappa shape index (κ2) is 7.54. The largest absolute Gasteiger partial charge is 0.449 e. The van der Waals surface area contributed by atoms with E-state index in [4.69, 9.17) is 4.74 Å². The van der Waals surface area contributed by atoms with Crippen LogP contribution in [-0.2, 0) is 15.5 Å². The normalized spacial score (nSPS) is 21.8. The maximum atomic E-state index is 14.2. The Bertz CT molecular complexity index is 526. The molecule has 21 heavy (non-hydrogen) atoms. The van der Waals surface area contributed by atoms with Gasteiger partial charge in [-0.3, -0.25) is 9.53 Å². The number of halogens is 1. The maximum absolute atomic E-state index is 14.2. The van der Waals surface area contributed by atoms with Crippen molar-refractivity contribution in [1.82, 2.24) is 0 Å². The number of anilines is 1. The molecule has 0 saturated carbocycles. The minimum Gasteiger partial charge on any atom is -0.449 e. The zero-order valence-corrected chi connectivity index (χ0v) is 12.9. The average Bonchev–Trinajstić information content (AvgIpc) is 2.46. The fraction of sp³-hybridized carbons (Fsp3) is 0.533. The summed E-state index contributed by atoms with van der Waals surface area (Å²) in [4.78, 5) is 11.4. The molecule has 0 bridgehead atoms. The molecule has 1 heterocycles. The quantitative estimate of drug-likeness (QED) is 0.927. The number of rotatable bonds is 4. The summed E-state index contributed by atoms with van der Waals surface area (Å²) in [5.41, 5.74) is 1.02. The van der Waals surface area contributed by atoms with Crippen molar-refractivity contribution in [1.29, 1.82) is 0 Å². The molecule has 0 aliphatic carbocycles. The lowest BCUT2D eigenvalue weighted by Crippen LogP contribution is -2.18. The fourth-order valence-electron chi connectivity index (χ4n) is 2.39. The van der Waals surface area contributed by atoms with Crippen molar-refractivity contribution >= 4 is 22.6 Å². The van der Waals surface area contributed by atoms with Gasteiger partial charge in [0.25, 0.3) is 0 Å². The smallest absolute Gasteiger partial charge is 0.411 e. The molecule has 1 aliphatic rings. The highest BCUT2D eigenvalue weighted by Gasteiger charge is 2.22. The van der Waals surface area contributed by atoms with E-state index in [1.807, 2.05) is 6.92 Å². The Balaban J connectivity index is 2.00. The van der Waals surface area contributed by atoms with Crippen LogP contribution in [0.3, 0.4) is 0 Å². The van der Waals surface area contributed by atoms with E-state index in [0.717, 1.165) is 19.3 Å². The highest BCUT2D eigenvalue weighted by molar-refractivity contribution is 7.85. The molecule has 0 unspecified atom stereocenters. The molecule has 0 spiro atoms. The Labute approximate surface area is 126 Å². The maximum Gasteiger partial charge on any atom is 0.411 e. The predicted molar refractivity (Wildman–Crippen MR) is 81.5 cm³/mol. The molecular weight excluding hydrogens is 293 g/mol. The number of nitrogens with one attached hydrogen (secondary N) is 1. The van der Waals surface area contributed by atoms with Crippen LogP contribution >= 0.6 is 0 Å². The molecule has 2 rings (SSSR count). The predicted octanol–water partition coefficient (Wildman–Crippen LogP) is 3.41. The first-order chi connectivity index (χ1) is 10.1. The molecule has 1 N–H and O–H groups in total. The minimum atomic E-state index is -0.753. The molecule has 116 valence electrons. The van der Waals surface area contributed by atoms with Crippen LogP contribution in [-0.4, -0.2) is 28.4 Å². The Kier molecular flexibility index (Phi) is 5.73. The van der Waals surface area contributed by atoms with E-state index in [9.17, 15) is 13.4 Å². The zero-order valence-electron chi connectivity index (χ0n) is 12.1. The van der Waals surface area contributed by atoms with Crippen molar-refractivity contribution in [3.8, 4) is 0 Å². The van der Waals surface area contributed by atoms with Gasteiger partial charge in [0.15, 0.2) is 0 Å². The van der Waals surface area contributed by atoms with Crippen molar-refractivity contribution in [2.24, 2.45) is 0 Å². The van der Waals surface area contributed by atoms with E-state index < -0.39 is 16.9 Å². The first-order valence-corrected chi connectivity index (χ1v) is 8.67. The lowest BCUT2D eigenvalue weighted by molar-refractivity contribution is 0.161. The molecule has 0 radical (unpaired) electrons. The molecule has 1 aromatic carbocycles. The van der Waals surface area contributed by atoms with E-state index in [1.165, 1.54) is 6.07 Å². The zero-order chi connectivity index (χ0) is 15.2. The SMILES string of the molecule is CCCOC(=O)Nc1ccc(C2CCS(=O)CC2)c(F)c1. The molecule has 1 aliphatic heterocycles. The van der Waals surface area contributed by atoms with Gasteiger partial charge in [0.05, 0.1) is 6.61 Å². The number of benzene rings is 1. The molecule has 0 atom stereocenters. The van der Waals surface area contributed by atoms with E-state index in [2.05, 4.69) is 5.32 Å². The summed E-state index contributed by atoms with van der Waals surface area (Å²) in [7, 11) is -0.753. The second-order valence-corrected chi connectivity index (χ2v) is 6.82. The highest BCUT2D eigenvalue weighted by Crippen LogP contribution is 2.31. The van der Waals surface area contributed by atoms with Crippen LogP contribution in [0.15, 0.2) is 18.2 Å². The first-order valence-electron chi connectivity index (χ1n) is 7.18. The Morgan fingerprint density at radius 1 is 1.43 bits per heavy atom. The van der Waals surface area contributed by atoms with Crippen molar-refractivity contribution in [3.63, 3.8) is 0 Å². The standard InChI is InChI=1S/C15H20FNO3S/c1-2-7-20-15(18)17-12-3-4-13(14(16)10-12)11-5-8-21(19)9-6-11/h3-4,10-11H,2,5-9H2,1H3,(H,17,18). The molecule has 1 aromatic rings. The van der Waals surface area contributed by atoms with E-state index in [1.54, 1.807) is 12.1 Å². The molecule has 1 saturated heterocycles. The van der Waals surface area contributed by atoms with Crippen molar-refractivity contribution in [2.75, 3.05) is 23.4 Å². The van der Waals surface area contributed by atoms with Gasteiger partial charge in [-0.1, -0.05) is 13.0 Å². The number of carbonyl (C=O) groups excluding carboxylic acids is 1. The molecule has 4 nitrogen and oxygen atoms in total. The summed E-state index contributed by atoms with van der Waals surface area (Å²) >= 11 is 0. The third kappa shape index (κ3) is 4.52. The number of amides is 1. The van der Waals surface area contributed by atoms with Crippen LogP contribution in [0.25, 0.3) is 0 Å². The van der Waals surface area contributed by atoms with Gasteiger partial charge >= 0.3 is 6.09 Å². The Morgan fingerprint density at radius 2 is 2.14 bits per heavy atom. The van der Waals surface area contributed by atoms with Crippen LogP contribution < -0.4 is 5.32 Å². The minimum absolute atomic E-state index is 0.115. The Morgan fingerprint density at radius 3 is 2.76 bits per heavy atom. The van der Waals surface area contributed by atoms with E-state index >= 15 is 0 Å². The van der Waals surface area contributed by atoms with Crippen molar-refractivity contribution in [3.05, 3.63) is 29.6 Å². The van der Waals surface area contributed by atoms with Gasteiger partial charge in [0, 0.05) is 28.0 Å². The fourth-order valence-corrected chi connectivity index (χ4v) is 3.69. The van der Waals surface area contributed by atoms with Gasteiger partial charge in [-0.25, -0.2) is 9.18 Å². The van der Waals surface area contributed by atoms with E-state index in [-0.39, 0.29) is 11.7 Å². The van der Waals surface area contributed by atoms with Crippen LogP contribution in [0.2, 0.25) is 0 Å². The number of hydrogen-bond donors (Lipinski definition) is 1. The monoisotopic (exact) mass is 313 g/mol. The van der Waals surface area contributed by atoms with Gasteiger partial charge in [-0.05, 0) is 42.9 Å². The molecule has 6 heteroatoms. The first kappa shape index (κ1) is 15.9.